The zero-order chi connectivity index (χ0) is 37.3. The van der Waals surface area contributed by atoms with Gasteiger partial charge in [0.25, 0.3) is 0 Å². The van der Waals surface area contributed by atoms with Crippen molar-refractivity contribution in [2.75, 3.05) is 23.9 Å². The second-order valence-electron chi connectivity index (χ2n) is 16.0. The van der Waals surface area contributed by atoms with Gasteiger partial charge in [0.2, 0.25) is 0 Å². The molecule has 0 bridgehead atoms. The molecule has 0 unspecified atom stereocenters. The Morgan fingerprint density at radius 3 is 1.52 bits per heavy atom. The van der Waals surface area contributed by atoms with Gasteiger partial charge in [-0.05, 0) is 96.0 Å². The van der Waals surface area contributed by atoms with Crippen molar-refractivity contribution in [1.82, 2.24) is 0 Å². The predicted molar refractivity (Wildman–Crippen MR) is 219 cm³/mol. The zero-order valence-electron chi connectivity index (χ0n) is 31.4. The fourth-order valence-corrected chi connectivity index (χ4v) is 8.92. The van der Waals surface area contributed by atoms with Gasteiger partial charge in [-0.15, -0.1) is 0 Å². The van der Waals surface area contributed by atoms with E-state index in [0.29, 0.717) is 34.2 Å². The highest BCUT2D eigenvalue weighted by atomic mass is 19.1. The Morgan fingerprint density at radius 2 is 0.963 bits per heavy atom. The molecule has 0 amide bonds. The Kier molecular flexibility index (Phi) is 8.26. The van der Waals surface area contributed by atoms with E-state index >= 15 is 0 Å². The molecule has 0 saturated heterocycles. The smallest absolute Gasteiger partial charge is 0.171 e. The molecular weight excluding hydrogens is 675 g/mol. The lowest BCUT2D eigenvalue weighted by Crippen LogP contribution is -2.20. The third kappa shape index (κ3) is 5.62. The van der Waals surface area contributed by atoms with Crippen LogP contribution in [0.1, 0.15) is 75.0 Å². The first-order chi connectivity index (χ1) is 26.1. The minimum absolute atomic E-state index is 0.0930. The van der Waals surface area contributed by atoms with E-state index < -0.39 is 0 Å². The van der Waals surface area contributed by atoms with Crippen molar-refractivity contribution in [2.45, 2.75) is 63.7 Å². The summed E-state index contributed by atoms with van der Waals surface area (Å²) in [7, 11) is 4.18. The summed E-state index contributed by atoms with van der Waals surface area (Å²) in [5.74, 6) is 0.151. The molecular formula is C48H44F2N2O2. The van der Waals surface area contributed by atoms with Crippen LogP contribution in [0.3, 0.4) is 0 Å². The number of hydrogen-bond acceptors (Lipinski definition) is 4. The minimum atomic E-state index is -0.347. The maximum Gasteiger partial charge on any atom is 0.171 e. The van der Waals surface area contributed by atoms with E-state index in [0.717, 1.165) is 70.0 Å². The van der Waals surface area contributed by atoms with Gasteiger partial charge in [0.1, 0.15) is 0 Å². The van der Waals surface area contributed by atoms with Gasteiger partial charge in [-0.1, -0.05) is 99.6 Å². The standard InChI is InChI=1S/C48H44F2N2O2/c1-48(2,3)37-27-26-31(28-43(37)52(5)42-21-11-16-36-34-14-9-18-39(50)45(34)54-47(36)42)29-22-24-30(25-23-29)32-12-6-7-19-40(32)51(4)41-20-10-15-35-33-13-8-17-38(49)44(33)53-46(35)41/h6-21,26-30H,22-25H2,1-5H3. The zero-order valence-corrected chi connectivity index (χ0v) is 31.4. The van der Waals surface area contributed by atoms with E-state index in [1.807, 2.05) is 36.4 Å². The molecule has 0 spiro atoms. The van der Waals surface area contributed by atoms with Gasteiger partial charge in [-0.2, -0.15) is 0 Å². The summed E-state index contributed by atoms with van der Waals surface area (Å²) in [6.45, 7) is 6.76. The van der Waals surface area contributed by atoms with Crippen LogP contribution in [0.5, 0.6) is 0 Å². The van der Waals surface area contributed by atoms with Crippen LogP contribution in [0.2, 0.25) is 0 Å². The van der Waals surface area contributed by atoms with Gasteiger partial charge in [0, 0.05) is 47.0 Å². The molecule has 0 atom stereocenters. The predicted octanol–water partition coefficient (Wildman–Crippen LogP) is 14.0. The molecule has 272 valence electrons. The van der Waals surface area contributed by atoms with Crippen LogP contribution in [-0.4, -0.2) is 14.1 Å². The van der Waals surface area contributed by atoms with Gasteiger partial charge in [-0.25, -0.2) is 8.78 Å². The van der Waals surface area contributed by atoms with Crippen LogP contribution >= 0.6 is 0 Å². The van der Waals surface area contributed by atoms with Crippen molar-refractivity contribution in [3.63, 3.8) is 0 Å². The van der Waals surface area contributed by atoms with E-state index in [-0.39, 0.29) is 17.0 Å². The molecule has 1 aliphatic carbocycles. The monoisotopic (exact) mass is 718 g/mol. The molecule has 0 aliphatic heterocycles. The summed E-state index contributed by atoms with van der Waals surface area (Å²) in [5, 5.41) is 3.41. The molecule has 2 heterocycles. The van der Waals surface area contributed by atoms with Gasteiger partial charge in [0.05, 0.1) is 11.4 Å². The van der Waals surface area contributed by atoms with Crippen LogP contribution in [0.4, 0.5) is 31.5 Å². The molecule has 1 aliphatic rings. The number of rotatable bonds is 6. The van der Waals surface area contributed by atoms with E-state index in [4.69, 9.17) is 8.83 Å². The number of para-hydroxylation sites is 5. The van der Waals surface area contributed by atoms with Crippen LogP contribution in [-0.2, 0) is 5.41 Å². The number of benzene rings is 6. The minimum Gasteiger partial charge on any atom is -0.451 e. The molecule has 2 aromatic heterocycles. The second kappa shape index (κ2) is 13.0. The largest absolute Gasteiger partial charge is 0.451 e. The molecule has 6 heteroatoms. The maximum atomic E-state index is 14.8. The molecule has 0 N–H and O–H groups in total. The Balaban J connectivity index is 1.01. The first-order valence-electron chi connectivity index (χ1n) is 19.0. The summed E-state index contributed by atoms with van der Waals surface area (Å²) >= 11 is 0. The Hall–Kier alpha value is -5.62. The number of furan rings is 2. The summed E-state index contributed by atoms with van der Waals surface area (Å²) in [4.78, 5) is 4.43. The average Bonchev–Trinajstić information content (AvgIpc) is 3.77. The lowest BCUT2D eigenvalue weighted by Gasteiger charge is -2.34. The number of fused-ring (bicyclic) bond motifs is 6. The lowest BCUT2D eigenvalue weighted by molar-refractivity contribution is 0.396. The van der Waals surface area contributed by atoms with Crippen molar-refractivity contribution in [1.29, 1.82) is 0 Å². The van der Waals surface area contributed by atoms with E-state index in [1.165, 1.54) is 28.8 Å². The normalized spacial score (nSPS) is 16.5. The van der Waals surface area contributed by atoms with Crippen molar-refractivity contribution in [3.05, 3.63) is 144 Å². The van der Waals surface area contributed by atoms with Crippen molar-refractivity contribution in [3.8, 4) is 0 Å². The van der Waals surface area contributed by atoms with Gasteiger partial charge in [-0.3, -0.25) is 0 Å². The molecule has 54 heavy (non-hydrogen) atoms. The van der Waals surface area contributed by atoms with Crippen LogP contribution in [0, 0.1) is 11.6 Å². The average molecular weight is 719 g/mol. The fraction of sp³-hybridized carbons (Fsp3) is 0.250. The number of hydrogen-bond donors (Lipinski definition) is 0. The molecule has 9 rings (SSSR count). The second-order valence-corrected chi connectivity index (χ2v) is 16.0. The van der Waals surface area contributed by atoms with E-state index in [1.54, 1.807) is 12.1 Å². The molecule has 1 saturated carbocycles. The third-order valence-corrected chi connectivity index (χ3v) is 11.8. The summed E-state index contributed by atoms with van der Waals surface area (Å²) in [6.07, 6.45) is 4.31. The van der Waals surface area contributed by atoms with Gasteiger partial charge < -0.3 is 18.6 Å². The summed E-state index contributed by atoms with van der Waals surface area (Å²) < 4.78 is 42.0. The SMILES string of the molecule is CN(c1ccccc1C1CCC(c2ccc(C(C)(C)C)c(N(C)c3cccc4c3oc3c(F)cccc34)c2)CC1)c1cccc2c1oc1c(F)cccc12. The first-order valence-corrected chi connectivity index (χ1v) is 19.0. The number of halogens is 2. The van der Waals surface area contributed by atoms with Gasteiger partial charge in [0.15, 0.2) is 34.0 Å². The molecule has 0 radical (unpaired) electrons. The van der Waals surface area contributed by atoms with Crippen molar-refractivity contribution < 1.29 is 17.6 Å². The molecule has 1 fully saturated rings. The Morgan fingerprint density at radius 1 is 0.500 bits per heavy atom. The highest BCUT2D eigenvalue weighted by molar-refractivity contribution is 6.10. The van der Waals surface area contributed by atoms with Crippen molar-refractivity contribution in [2.24, 2.45) is 0 Å². The first kappa shape index (κ1) is 34.2. The van der Waals surface area contributed by atoms with E-state index in [2.05, 4.69) is 99.3 Å². The Labute approximate surface area is 314 Å². The lowest BCUT2D eigenvalue weighted by atomic mass is 9.75. The Bertz CT molecular complexity index is 2690. The van der Waals surface area contributed by atoms with Crippen molar-refractivity contribution >= 4 is 66.6 Å². The third-order valence-electron chi connectivity index (χ3n) is 11.8. The summed E-state index contributed by atoms with van der Waals surface area (Å²) in [5.41, 5.74) is 9.94. The quantitative estimate of drug-likeness (QED) is 0.171. The van der Waals surface area contributed by atoms with Crippen LogP contribution < -0.4 is 9.80 Å². The maximum absolute atomic E-state index is 14.8. The van der Waals surface area contributed by atoms with Gasteiger partial charge >= 0.3 is 0 Å². The fourth-order valence-electron chi connectivity index (χ4n) is 8.92. The molecule has 8 aromatic rings. The molecule has 6 aromatic carbocycles. The van der Waals surface area contributed by atoms with E-state index in [9.17, 15) is 8.78 Å². The highest BCUT2D eigenvalue weighted by Gasteiger charge is 2.29. The number of anilines is 4. The van der Waals surface area contributed by atoms with Crippen LogP contribution in [0.25, 0.3) is 43.9 Å². The number of nitrogens with zero attached hydrogens (tertiary/aromatic N) is 2. The highest BCUT2D eigenvalue weighted by Crippen LogP contribution is 2.47. The molecule has 4 nitrogen and oxygen atoms in total. The topological polar surface area (TPSA) is 32.8 Å². The van der Waals surface area contributed by atoms with Crippen LogP contribution in [0.15, 0.2) is 124 Å². The summed E-state index contributed by atoms with van der Waals surface area (Å²) in [6, 6.07) is 38.1.